The second-order valence-corrected chi connectivity index (χ2v) is 7.97. The molecule has 0 saturated carbocycles. The van der Waals surface area contributed by atoms with E-state index in [1.165, 1.54) is 0 Å². The minimum atomic E-state index is -0.635. The standard InChI is InChI=1S/C21H17Cl2NO5S/c1-2-28-19(25)11-24-20(26)18(30-21(24)27)9-13-5-3-4-6-17(13)29-12-14-7-8-15(22)10-16(14)23/h3-10H,2,11-12H2,1H3/b18-9-. The van der Waals surface area contributed by atoms with Crippen LogP contribution in [0.2, 0.25) is 10.0 Å². The van der Waals surface area contributed by atoms with Gasteiger partial charge in [0.05, 0.1) is 11.5 Å². The Hall–Kier alpha value is -2.48. The summed E-state index contributed by atoms with van der Waals surface area (Å²) < 4.78 is 10.7. The Labute approximate surface area is 187 Å². The number of carbonyl (C=O) groups is 3. The second kappa shape index (κ2) is 10.0. The summed E-state index contributed by atoms with van der Waals surface area (Å²) in [7, 11) is 0. The smallest absolute Gasteiger partial charge is 0.326 e. The maximum Gasteiger partial charge on any atom is 0.326 e. The molecule has 0 aliphatic carbocycles. The van der Waals surface area contributed by atoms with Gasteiger partial charge in [-0.25, -0.2) is 0 Å². The third-order valence-electron chi connectivity index (χ3n) is 4.07. The topological polar surface area (TPSA) is 72.9 Å². The number of hydrogen-bond acceptors (Lipinski definition) is 6. The third-order valence-corrected chi connectivity index (χ3v) is 5.56. The maximum atomic E-state index is 12.6. The van der Waals surface area contributed by atoms with Gasteiger partial charge in [-0.2, -0.15) is 0 Å². The van der Waals surface area contributed by atoms with E-state index in [-0.39, 0.29) is 18.1 Å². The van der Waals surface area contributed by atoms with E-state index in [9.17, 15) is 14.4 Å². The molecule has 0 N–H and O–H groups in total. The molecule has 2 aromatic rings. The molecule has 1 saturated heterocycles. The highest BCUT2D eigenvalue weighted by Gasteiger charge is 2.36. The highest BCUT2D eigenvalue weighted by molar-refractivity contribution is 8.18. The molecule has 0 aromatic heterocycles. The van der Waals surface area contributed by atoms with Crippen molar-refractivity contribution in [3.63, 3.8) is 0 Å². The second-order valence-electron chi connectivity index (χ2n) is 6.14. The van der Waals surface area contributed by atoms with Crippen molar-refractivity contribution in [2.24, 2.45) is 0 Å². The minimum absolute atomic E-state index is 0.174. The normalized spacial score (nSPS) is 15.0. The van der Waals surface area contributed by atoms with E-state index in [4.69, 9.17) is 32.7 Å². The van der Waals surface area contributed by atoms with E-state index in [2.05, 4.69) is 0 Å². The van der Waals surface area contributed by atoms with Gasteiger partial charge in [-0.3, -0.25) is 19.3 Å². The van der Waals surface area contributed by atoms with Crippen LogP contribution in [0.15, 0.2) is 47.4 Å². The average molecular weight is 466 g/mol. The van der Waals surface area contributed by atoms with E-state index >= 15 is 0 Å². The van der Waals surface area contributed by atoms with E-state index in [0.29, 0.717) is 21.4 Å². The molecule has 1 aliphatic heterocycles. The van der Waals surface area contributed by atoms with Crippen LogP contribution in [0.25, 0.3) is 6.08 Å². The summed E-state index contributed by atoms with van der Waals surface area (Å²) in [6, 6.07) is 12.2. The lowest BCUT2D eigenvalue weighted by Gasteiger charge is -2.12. The molecular weight excluding hydrogens is 449 g/mol. The number of imide groups is 1. The lowest BCUT2D eigenvalue weighted by Crippen LogP contribution is -2.34. The Bertz CT molecular complexity index is 1020. The van der Waals surface area contributed by atoms with Crippen LogP contribution in [0.5, 0.6) is 5.75 Å². The number of para-hydroxylation sites is 1. The first-order chi connectivity index (χ1) is 14.4. The number of halogens is 2. The fraction of sp³-hybridized carbons (Fsp3) is 0.190. The Morgan fingerprint density at radius 2 is 1.93 bits per heavy atom. The molecule has 9 heteroatoms. The highest BCUT2D eigenvalue weighted by atomic mass is 35.5. The van der Waals surface area contributed by atoms with Crippen LogP contribution in [0, 0.1) is 0 Å². The van der Waals surface area contributed by atoms with Crippen molar-refractivity contribution in [1.82, 2.24) is 4.90 Å². The predicted octanol–water partition coefficient (Wildman–Crippen LogP) is 5.17. The number of carbonyl (C=O) groups excluding carboxylic acids is 3. The molecule has 30 heavy (non-hydrogen) atoms. The number of benzene rings is 2. The van der Waals surface area contributed by atoms with E-state index in [1.807, 2.05) is 0 Å². The largest absolute Gasteiger partial charge is 0.488 e. The van der Waals surface area contributed by atoms with Gasteiger partial charge >= 0.3 is 5.97 Å². The molecule has 0 spiro atoms. The third kappa shape index (κ3) is 5.36. The zero-order valence-corrected chi connectivity index (χ0v) is 18.2. The Morgan fingerprint density at radius 1 is 1.17 bits per heavy atom. The van der Waals surface area contributed by atoms with Gasteiger partial charge in [-0.05, 0) is 43.0 Å². The van der Waals surface area contributed by atoms with Crippen molar-refractivity contribution in [2.45, 2.75) is 13.5 Å². The number of hydrogen-bond donors (Lipinski definition) is 0. The summed E-state index contributed by atoms with van der Waals surface area (Å²) >= 11 is 12.9. The zero-order chi connectivity index (χ0) is 21.7. The first-order valence-electron chi connectivity index (χ1n) is 8.95. The van der Waals surface area contributed by atoms with E-state index in [1.54, 1.807) is 55.5 Å². The highest BCUT2D eigenvalue weighted by Crippen LogP contribution is 2.34. The molecule has 1 aliphatic rings. The van der Waals surface area contributed by atoms with Crippen molar-refractivity contribution in [3.05, 3.63) is 68.5 Å². The molecule has 6 nitrogen and oxygen atoms in total. The van der Waals surface area contributed by atoms with Crippen LogP contribution in [-0.2, 0) is 20.9 Å². The number of amides is 2. The average Bonchev–Trinajstić information content (AvgIpc) is 2.96. The van der Waals surface area contributed by atoms with Crippen LogP contribution >= 0.6 is 35.0 Å². The molecule has 0 bridgehead atoms. The maximum absolute atomic E-state index is 12.6. The molecule has 0 unspecified atom stereocenters. The minimum Gasteiger partial charge on any atom is -0.488 e. The molecule has 156 valence electrons. The fourth-order valence-corrected chi connectivity index (χ4v) is 3.93. The number of rotatable bonds is 7. The van der Waals surface area contributed by atoms with Gasteiger partial charge in [0.1, 0.15) is 18.9 Å². The lowest BCUT2D eigenvalue weighted by atomic mass is 10.1. The van der Waals surface area contributed by atoms with Crippen LogP contribution in [0.3, 0.4) is 0 Å². The molecule has 3 rings (SSSR count). The van der Waals surface area contributed by atoms with Gasteiger partial charge < -0.3 is 9.47 Å². The fourth-order valence-electron chi connectivity index (χ4n) is 2.64. The monoisotopic (exact) mass is 465 g/mol. The van der Waals surface area contributed by atoms with Crippen molar-refractivity contribution in [3.8, 4) is 5.75 Å². The number of nitrogens with zero attached hydrogens (tertiary/aromatic N) is 1. The molecular formula is C21H17Cl2NO5S. The van der Waals surface area contributed by atoms with Crippen LogP contribution in [0.1, 0.15) is 18.1 Å². The quantitative estimate of drug-likeness (QED) is 0.414. The summed E-state index contributed by atoms with van der Waals surface area (Å²) in [6.45, 7) is 1.61. The summed E-state index contributed by atoms with van der Waals surface area (Å²) in [5.41, 5.74) is 1.37. The predicted molar refractivity (Wildman–Crippen MR) is 117 cm³/mol. The molecule has 1 heterocycles. The van der Waals surface area contributed by atoms with Gasteiger partial charge in [-0.1, -0.05) is 47.5 Å². The molecule has 2 amide bonds. The van der Waals surface area contributed by atoms with Gasteiger partial charge in [-0.15, -0.1) is 0 Å². The van der Waals surface area contributed by atoms with Crippen molar-refractivity contribution < 1.29 is 23.9 Å². The van der Waals surface area contributed by atoms with Crippen molar-refractivity contribution >= 4 is 58.2 Å². The molecule has 0 atom stereocenters. The SMILES string of the molecule is CCOC(=O)CN1C(=O)S/C(=C\c2ccccc2OCc2ccc(Cl)cc2Cl)C1=O. The summed E-state index contributed by atoms with van der Waals surface area (Å²) in [6.07, 6.45) is 1.56. The summed E-state index contributed by atoms with van der Waals surface area (Å²) in [4.78, 5) is 37.4. The van der Waals surface area contributed by atoms with E-state index in [0.717, 1.165) is 22.2 Å². The summed E-state index contributed by atoms with van der Waals surface area (Å²) in [5.74, 6) is -0.668. The molecule has 2 aromatic carbocycles. The van der Waals surface area contributed by atoms with Crippen LogP contribution < -0.4 is 4.74 Å². The van der Waals surface area contributed by atoms with Gasteiger partial charge in [0.15, 0.2) is 0 Å². The number of thioether (sulfide) groups is 1. The molecule has 1 fully saturated rings. The van der Waals surface area contributed by atoms with Gasteiger partial charge in [0.25, 0.3) is 11.1 Å². The Morgan fingerprint density at radius 3 is 2.67 bits per heavy atom. The summed E-state index contributed by atoms with van der Waals surface area (Å²) in [5, 5.41) is 0.494. The Kier molecular flexibility index (Phi) is 7.42. The lowest BCUT2D eigenvalue weighted by molar-refractivity contribution is -0.145. The zero-order valence-electron chi connectivity index (χ0n) is 15.9. The first kappa shape index (κ1) is 22.2. The van der Waals surface area contributed by atoms with Crippen LogP contribution in [0.4, 0.5) is 4.79 Å². The van der Waals surface area contributed by atoms with Crippen LogP contribution in [-0.4, -0.2) is 35.2 Å². The van der Waals surface area contributed by atoms with Crippen molar-refractivity contribution in [2.75, 3.05) is 13.2 Å². The van der Waals surface area contributed by atoms with Crippen molar-refractivity contribution in [1.29, 1.82) is 0 Å². The first-order valence-corrected chi connectivity index (χ1v) is 10.5. The van der Waals surface area contributed by atoms with Gasteiger partial charge in [0.2, 0.25) is 0 Å². The Balaban J connectivity index is 1.77. The number of esters is 1. The number of ether oxygens (including phenoxy) is 2. The van der Waals surface area contributed by atoms with Gasteiger partial charge in [0, 0.05) is 21.2 Å². The molecule has 0 radical (unpaired) electrons. The van der Waals surface area contributed by atoms with E-state index < -0.39 is 23.7 Å².